The number of nitriles is 1. The fraction of sp³-hybridized carbons (Fsp3) is 0.364. The van der Waals surface area contributed by atoms with Gasteiger partial charge in [-0.05, 0) is 26.0 Å². The van der Waals surface area contributed by atoms with Gasteiger partial charge in [-0.15, -0.1) is 0 Å². The second-order valence-corrected chi connectivity index (χ2v) is 4.44. The van der Waals surface area contributed by atoms with Gasteiger partial charge < -0.3 is 11.1 Å². The van der Waals surface area contributed by atoms with Gasteiger partial charge in [-0.25, -0.2) is 0 Å². The molecule has 6 nitrogen and oxygen atoms in total. The second kappa shape index (κ2) is 4.80. The summed E-state index contributed by atoms with van der Waals surface area (Å²) in [4.78, 5) is 10.2. The van der Waals surface area contributed by atoms with E-state index < -0.39 is 10.5 Å². The Kier molecular flexibility index (Phi) is 3.66. The van der Waals surface area contributed by atoms with Crippen LogP contribution in [0.25, 0.3) is 0 Å². The molecule has 0 unspecified atom stereocenters. The van der Waals surface area contributed by atoms with Crippen molar-refractivity contribution < 1.29 is 4.92 Å². The topological polar surface area (TPSA) is 105 Å². The summed E-state index contributed by atoms with van der Waals surface area (Å²) in [5.41, 5.74) is 5.80. The van der Waals surface area contributed by atoms with Crippen molar-refractivity contribution in [2.75, 3.05) is 11.9 Å². The van der Waals surface area contributed by atoms with Crippen LogP contribution in [0.1, 0.15) is 19.4 Å². The van der Waals surface area contributed by atoms with Crippen LogP contribution >= 0.6 is 0 Å². The van der Waals surface area contributed by atoms with Crippen molar-refractivity contribution >= 4 is 11.4 Å². The molecule has 0 atom stereocenters. The predicted octanol–water partition coefficient (Wildman–Crippen LogP) is 1.62. The second-order valence-electron chi connectivity index (χ2n) is 4.44. The van der Waals surface area contributed by atoms with Gasteiger partial charge in [-0.2, -0.15) is 5.26 Å². The summed E-state index contributed by atoms with van der Waals surface area (Å²) in [5.74, 6) is 0. The maximum absolute atomic E-state index is 10.7. The number of hydrogen-bond donors (Lipinski definition) is 2. The molecule has 90 valence electrons. The van der Waals surface area contributed by atoms with Crippen molar-refractivity contribution in [3.63, 3.8) is 0 Å². The number of rotatable bonds is 4. The first-order valence-corrected chi connectivity index (χ1v) is 5.05. The normalized spacial score (nSPS) is 10.7. The first kappa shape index (κ1) is 12.9. The zero-order valence-electron chi connectivity index (χ0n) is 9.73. The van der Waals surface area contributed by atoms with Crippen LogP contribution in [0, 0.1) is 21.4 Å². The maximum Gasteiger partial charge on any atom is 0.289 e. The quantitative estimate of drug-likeness (QED) is 0.608. The molecule has 0 heterocycles. The van der Waals surface area contributed by atoms with E-state index in [1.54, 1.807) is 12.1 Å². The molecular weight excluding hydrogens is 220 g/mol. The smallest absolute Gasteiger partial charge is 0.289 e. The molecule has 0 aromatic heterocycles. The predicted molar refractivity (Wildman–Crippen MR) is 64.6 cm³/mol. The molecule has 1 aromatic carbocycles. The molecule has 0 aliphatic carbocycles. The number of hydrogen-bond acceptors (Lipinski definition) is 5. The van der Waals surface area contributed by atoms with E-state index in [9.17, 15) is 10.1 Å². The minimum absolute atomic E-state index is 0.0487. The molecule has 3 N–H and O–H groups in total. The van der Waals surface area contributed by atoms with Crippen LogP contribution in [0.3, 0.4) is 0 Å². The van der Waals surface area contributed by atoms with E-state index >= 15 is 0 Å². The molecular formula is C11H14N4O2. The SMILES string of the molecule is CC(C)(N)CNc1ccc(C#N)c([N+](=O)[O-])c1. The Balaban J connectivity index is 2.94. The highest BCUT2D eigenvalue weighted by Gasteiger charge is 2.15. The molecule has 0 bridgehead atoms. The number of nitrogens with two attached hydrogens (primary N) is 1. The highest BCUT2D eigenvalue weighted by Crippen LogP contribution is 2.22. The molecule has 0 aliphatic rings. The number of anilines is 1. The third kappa shape index (κ3) is 3.74. The van der Waals surface area contributed by atoms with Crippen molar-refractivity contribution in [2.24, 2.45) is 5.73 Å². The van der Waals surface area contributed by atoms with Crippen molar-refractivity contribution in [3.05, 3.63) is 33.9 Å². The molecule has 0 fully saturated rings. The lowest BCUT2D eigenvalue weighted by molar-refractivity contribution is -0.385. The van der Waals surface area contributed by atoms with Crippen molar-refractivity contribution in [1.29, 1.82) is 5.26 Å². The fourth-order valence-electron chi connectivity index (χ4n) is 1.22. The summed E-state index contributed by atoms with van der Waals surface area (Å²) >= 11 is 0. The third-order valence-electron chi connectivity index (χ3n) is 2.06. The standard InChI is InChI=1S/C11H14N4O2/c1-11(2,13)7-14-9-4-3-8(6-12)10(5-9)15(16)17/h3-5,14H,7,13H2,1-2H3. The fourth-order valence-corrected chi connectivity index (χ4v) is 1.22. The van der Waals surface area contributed by atoms with E-state index in [-0.39, 0.29) is 11.3 Å². The summed E-state index contributed by atoms with van der Waals surface area (Å²) in [6, 6.07) is 6.16. The van der Waals surface area contributed by atoms with E-state index in [2.05, 4.69) is 5.32 Å². The van der Waals surface area contributed by atoms with Crippen LogP contribution in [0.2, 0.25) is 0 Å². The minimum atomic E-state index is -0.572. The van der Waals surface area contributed by atoms with Crippen molar-refractivity contribution in [3.8, 4) is 6.07 Å². The van der Waals surface area contributed by atoms with Crippen LogP contribution in [0.4, 0.5) is 11.4 Å². The van der Waals surface area contributed by atoms with Crippen LogP contribution in [-0.4, -0.2) is 17.0 Å². The highest BCUT2D eigenvalue weighted by atomic mass is 16.6. The first-order chi connectivity index (χ1) is 7.83. The minimum Gasteiger partial charge on any atom is -0.383 e. The van der Waals surface area contributed by atoms with Crippen molar-refractivity contribution in [1.82, 2.24) is 0 Å². The van der Waals surface area contributed by atoms with Gasteiger partial charge in [-0.1, -0.05) is 0 Å². The largest absolute Gasteiger partial charge is 0.383 e. The summed E-state index contributed by atoms with van der Waals surface area (Å²) in [5, 5.41) is 22.5. The summed E-state index contributed by atoms with van der Waals surface area (Å²) in [6.07, 6.45) is 0. The Morgan fingerprint density at radius 2 is 2.24 bits per heavy atom. The number of nitro groups is 1. The van der Waals surface area contributed by atoms with Crippen LogP contribution < -0.4 is 11.1 Å². The van der Waals surface area contributed by atoms with E-state index in [1.807, 2.05) is 13.8 Å². The lowest BCUT2D eigenvalue weighted by atomic mass is 10.1. The molecule has 0 aliphatic heterocycles. The lowest BCUT2D eigenvalue weighted by Crippen LogP contribution is -2.39. The molecule has 1 rings (SSSR count). The number of nitrogens with zero attached hydrogens (tertiary/aromatic N) is 2. The molecule has 0 amide bonds. The monoisotopic (exact) mass is 234 g/mol. The van der Waals surface area contributed by atoms with Crippen molar-refractivity contribution in [2.45, 2.75) is 19.4 Å². The Hall–Kier alpha value is -2.13. The number of nitro benzene ring substituents is 1. The molecule has 0 saturated carbocycles. The zero-order valence-corrected chi connectivity index (χ0v) is 9.73. The van der Waals surface area contributed by atoms with Crippen LogP contribution in [-0.2, 0) is 0 Å². The Morgan fingerprint density at radius 3 is 2.71 bits per heavy atom. The summed E-state index contributed by atoms with van der Waals surface area (Å²) in [6.45, 7) is 4.17. The maximum atomic E-state index is 10.7. The van der Waals surface area contributed by atoms with E-state index in [4.69, 9.17) is 11.0 Å². The Labute approximate surface area is 99.2 Å². The van der Waals surface area contributed by atoms with Gasteiger partial charge in [0.1, 0.15) is 11.6 Å². The molecule has 6 heteroatoms. The molecule has 0 saturated heterocycles. The number of nitrogens with one attached hydrogen (secondary N) is 1. The molecule has 0 spiro atoms. The molecule has 0 radical (unpaired) electrons. The summed E-state index contributed by atoms with van der Waals surface area (Å²) in [7, 11) is 0. The van der Waals surface area contributed by atoms with Crippen LogP contribution in [0.15, 0.2) is 18.2 Å². The van der Waals surface area contributed by atoms with Crippen LogP contribution in [0.5, 0.6) is 0 Å². The zero-order chi connectivity index (χ0) is 13.1. The van der Waals surface area contributed by atoms with Gasteiger partial charge >= 0.3 is 0 Å². The lowest BCUT2D eigenvalue weighted by Gasteiger charge is -2.19. The molecule has 17 heavy (non-hydrogen) atoms. The van der Waals surface area contributed by atoms with E-state index in [0.717, 1.165) is 0 Å². The van der Waals surface area contributed by atoms with Gasteiger partial charge in [0.2, 0.25) is 0 Å². The van der Waals surface area contributed by atoms with Gasteiger partial charge in [0.25, 0.3) is 5.69 Å². The van der Waals surface area contributed by atoms with Gasteiger partial charge in [-0.3, -0.25) is 10.1 Å². The van der Waals surface area contributed by atoms with E-state index in [0.29, 0.717) is 12.2 Å². The number of benzene rings is 1. The first-order valence-electron chi connectivity index (χ1n) is 5.05. The average Bonchev–Trinajstić information content (AvgIpc) is 2.25. The van der Waals surface area contributed by atoms with Gasteiger partial charge in [0.15, 0.2) is 0 Å². The Bertz CT molecular complexity index is 471. The van der Waals surface area contributed by atoms with E-state index in [1.165, 1.54) is 12.1 Å². The average molecular weight is 234 g/mol. The van der Waals surface area contributed by atoms with Gasteiger partial charge in [0, 0.05) is 23.8 Å². The highest BCUT2D eigenvalue weighted by molar-refractivity contribution is 5.59. The van der Waals surface area contributed by atoms with Gasteiger partial charge in [0.05, 0.1) is 4.92 Å². The third-order valence-corrected chi connectivity index (χ3v) is 2.06. The summed E-state index contributed by atoms with van der Waals surface area (Å²) < 4.78 is 0. The molecule has 1 aromatic rings. The Morgan fingerprint density at radius 1 is 1.59 bits per heavy atom.